The summed E-state index contributed by atoms with van der Waals surface area (Å²) in [6.07, 6.45) is 0. The average molecular weight is 244 g/mol. The van der Waals surface area contributed by atoms with Gasteiger partial charge in [0.1, 0.15) is 5.75 Å². The predicted octanol–water partition coefficient (Wildman–Crippen LogP) is 3.80. The van der Waals surface area contributed by atoms with Crippen LogP contribution in [0, 0.1) is 0 Å². The summed E-state index contributed by atoms with van der Waals surface area (Å²) in [5.41, 5.74) is 3.22. The molecular formula is C15H20N2O. The Balaban J connectivity index is 2.60. The second kappa shape index (κ2) is 5.25. The van der Waals surface area contributed by atoms with Crippen LogP contribution in [0.3, 0.4) is 0 Å². The molecule has 0 radical (unpaired) electrons. The van der Waals surface area contributed by atoms with Crippen LogP contribution in [0.15, 0.2) is 24.3 Å². The first kappa shape index (κ1) is 12.7. The van der Waals surface area contributed by atoms with Gasteiger partial charge in [-0.25, -0.2) is 0 Å². The molecule has 0 fully saturated rings. The molecule has 2 aromatic rings. The first-order chi connectivity index (χ1) is 8.65. The molecule has 3 nitrogen and oxygen atoms in total. The van der Waals surface area contributed by atoms with E-state index in [0.29, 0.717) is 12.5 Å². The molecule has 96 valence electrons. The third kappa shape index (κ3) is 2.40. The molecule has 2 rings (SSSR count). The summed E-state index contributed by atoms with van der Waals surface area (Å²) in [7, 11) is 1.94. The number of nitrogens with one attached hydrogen (secondary N) is 1. The molecule has 1 aromatic heterocycles. The first-order valence-electron chi connectivity index (χ1n) is 6.41. The zero-order valence-electron chi connectivity index (χ0n) is 11.4. The van der Waals surface area contributed by atoms with Crippen LogP contribution in [-0.2, 0) is 0 Å². The van der Waals surface area contributed by atoms with Gasteiger partial charge in [0, 0.05) is 23.8 Å². The van der Waals surface area contributed by atoms with Crippen molar-refractivity contribution < 1.29 is 4.74 Å². The number of ether oxygens (including phenoxy) is 1. The molecule has 0 saturated carbocycles. The Morgan fingerprint density at radius 1 is 1.28 bits per heavy atom. The average Bonchev–Trinajstić information content (AvgIpc) is 2.37. The fourth-order valence-electron chi connectivity index (χ4n) is 1.98. The van der Waals surface area contributed by atoms with E-state index in [2.05, 4.69) is 30.2 Å². The van der Waals surface area contributed by atoms with Gasteiger partial charge in [0.15, 0.2) is 0 Å². The molecule has 1 N–H and O–H groups in total. The highest BCUT2D eigenvalue weighted by Crippen LogP contribution is 2.29. The lowest BCUT2D eigenvalue weighted by molar-refractivity contribution is 0.340. The Bertz CT molecular complexity index is 549. The van der Waals surface area contributed by atoms with Gasteiger partial charge in [0.2, 0.25) is 0 Å². The van der Waals surface area contributed by atoms with Gasteiger partial charge in [-0.3, -0.25) is 4.98 Å². The summed E-state index contributed by atoms with van der Waals surface area (Å²) in [5, 5.41) is 4.34. The van der Waals surface area contributed by atoms with Crippen molar-refractivity contribution in [1.82, 2.24) is 4.98 Å². The molecule has 0 aliphatic heterocycles. The number of nitrogens with zero attached hydrogens (tertiary/aromatic N) is 1. The van der Waals surface area contributed by atoms with E-state index < -0.39 is 0 Å². The largest absolute Gasteiger partial charge is 0.494 e. The molecule has 0 saturated heterocycles. The van der Waals surface area contributed by atoms with Crippen LogP contribution < -0.4 is 10.1 Å². The van der Waals surface area contributed by atoms with Crippen LogP contribution in [0.25, 0.3) is 10.9 Å². The minimum Gasteiger partial charge on any atom is -0.494 e. The molecule has 3 heteroatoms. The standard InChI is InChI=1S/C15H20N2O/c1-5-18-11-6-7-13-12(8-11)15(16-4)9-14(17-13)10(2)3/h6-10H,5H2,1-4H3,(H,16,17). The minimum atomic E-state index is 0.424. The van der Waals surface area contributed by atoms with Crippen molar-refractivity contribution in [3.8, 4) is 5.75 Å². The topological polar surface area (TPSA) is 34.1 Å². The highest BCUT2D eigenvalue weighted by Gasteiger charge is 2.08. The molecule has 0 bridgehead atoms. The van der Waals surface area contributed by atoms with Crippen molar-refractivity contribution in [3.05, 3.63) is 30.0 Å². The molecule has 0 amide bonds. The van der Waals surface area contributed by atoms with Crippen LogP contribution in [0.4, 0.5) is 5.69 Å². The monoisotopic (exact) mass is 244 g/mol. The van der Waals surface area contributed by atoms with Crippen LogP contribution >= 0.6 is 0 Å². The number of fused-ring (bicyclic) bond motifs is 1. The fourth-order valence-corrected chi connectivity index (χ4v) is 1.98. The van der Waals surface area contributed by atoms with Crippen molar-refractivity contribution in [3.63, 3.8) is 0 Å². The normalized spacial score (nSPS) is 10.9. The maximum atomic E-state index is 5.54. The number of benzene rings is 1. The van der Waals surface area contributed by atoms with Gasteiger partial charge in [0.05, 0.1) is 12.1 Å². The Kier molecular flexibility index (Phi) is 3.70. The third-order valence-corrected chi connectivity index (χ3v) is 2.97. The molecule has 18 heavy (non-hydrogen) atoms. The Morgan fingerprint density at radius 2 is 2.06 bits per heavy atom. The Morgan fingerprint density at radius 3 is 2.67 bits per heavy atom. The van der Waals surface area contributed by atoms with Gasteiger partial charge in [-0.15, -0.1) is 0 Å². The maximum absolute atomic E-state index is 5.54. The van der Waals surface area contributed by atoms with E-state index in [1.165, 1.54) is 0 Å². The lowest BCUT2D eigenvalue weighted by Crippen LogP contribution is -1.99. The minimum absolute atomic E-state index is 0.424. The smallest absolute Gasteiger partial charge is 0.120 e. The number of hydrogen-bond donors (Lipinski definition) is 1. The van der Waals surface area contributed by atoms with Crippen molar-refractivity contribution in [1.29, 1.82) is 0 Å². The third-order valence-electron chi connectivity index (χ3n) is 2.97. The van der Waals surface area contributed by atoms with E-state index in [9.17, 15) is 0 Å². The molecule has 1 heterocycles. The van der Waals surface area contributed by atoms with E-state index in [4.69, 9.17) is 4.74 Å². The highest BCUT2D eigenvalue weighted by atomic mass is 16.5. The first-order valence-corrected chi connectivity index (χ1v) is 6.41. The summed E-state index contributed by atoms with van der Waals surface area (Å²) in [6, 6.07) is 8.15. The summed E-state index contributed by atoms with van der Waals surface area (Å²) in [6.45, 7) is 6.98. The van der Waals surface area contributed by atoms with Gasteiger partial charge < -0.3 is 10.1 Å². The number of hydrogen-bond acceptors (Lipinski definition) is 3. The predicted molar refractivity (Wildman–Crippen MR) is 76.5 cm³/mol. The highest BCUT2D eigenvalue weighted by molar-refractivity contribution is 5.92. The summed E-state index contributed by atoms with van der Waals surface area (Å²) in [4.78, 5) is 4.69. The summed E-state index contributed by atoms with van der Waals surface area (Å²) in [5.74, 6) is 1.31. The van der Waals surface area contributed by atoms with Crippen LogP contribution in [0.1, 0.15) is 32.4 Å². The molecule has 0 unspecified atom stereocenters. The number of aromatic nitrogens is 1. The van der Waals surface area contributed by atoms with Gasteiger partial charge in [0.25, 0.3) is 0 Å². The van der Waals surface area contributed by atoms with Crippen LogP contribution in [0.2, 0.25) is 0 Å². The zero-order valence-corrected chi connectivity index (χ0v) is 11.4. The van der Waals surface area contributed by atoms with Gasteiger partial charge in [-0.2, -0.15) is 0 Å². The molecule has 0 spiro atoms. The van der Waals surface area contributed by atoms with E-state index in [-0.39, 0.29) is 0 Å². The van der Waals surface area contributed by atoms with Crippen molar-refractivity contribution >= 4 is 16.6 Å². The summed E-state index contributed by atoms with van der Waals surface area (Å²) < 4.78 is 5.54. The lowest BCUT2D eigenvalue weighted by Gasteiger charge is -2.12. The second-order valence-electron chi connectivity index (χ2n) is 4.61. The molecule has 0 aliphatic rings. The van der Waals surface area contributed by atoms with Crippen LogP contribution in [-0.4, -0.2) is 18.6 Å². The number of anilines is 1. The van der Waals surface area contributed by atoms with E-state index in [1.807, 2.05) is 32.2 Å². The molecule has 0 atom stereocenters. The van der Waals surface area contributed by atoms with Gasteiger partial charge in [-0.05, 0) is 37.1 Å². The number of rotatable bonds is 4. The Hall–Kier alpha value is -1.77. The summed E-state index contributed by atoms with van der Waals surface area (Å²) >= 11 is 0. The van der Waals surface area contributed by atoms with Gasteiger partial charge in [-0.1, -0.05) is 13.8 Å². The van der Waals surface area contributed by atoms with E-state index >= 15 is 0 Å². The fraction of sp³-hybridized carbons (Fsp3) is 0.400. The van der Waals surface area contributed by atoms with E-state index in [1.54, 1.807) is 0 Å². The second-order valence-corrected chi connectivity index (χ2v) is 4.61. The van der Waals surface area contributed by atoms with Gasteiger partial charge >= 0.3 is 0 Å². The van der Waals surface area contributed by atoms with Crippen molar-refractivity contribution in [2.75, 3.05) is 19.0 Å². The molecule has 1 aromatic carbocycles. The van der Waals surface area contributed by atoms with Crippen LogP contribution in [0.5, 0.6) is 5.75 Å². The van der Waals surface area contributed by atoms with Crippen molar-refractivity contribution in [2.45, 2.75) is 26.7 Å². The van der Waals surface area contributed by atoms with E-state index in [0.717, 1.165) is 28.0 Å². The maximum Gasteiger partial charge on any atom is 0.120 e. The zero-order chi connectivity index (χ0) is 13.1. The van der Waals surface area contributed by atoms with Crippen molar-refractivity contribution in [2.24, 2.45) is 0 Å². The Labute approximate surface area is 108 Å². The lowest BCUT2D eigenvalue weighted by atomic mass is 10.1. The SMILES string of the molecule is CCOc1ccc2nc(C(C)C)cc(NC)c2c1. The molecular weight excluding hydrogens is 224 g/mol. The quantitative estimate of drug-likeness (QED) is 0.888. The molecule has 0 aliphatic carbocycles. The number of pyridine rings is 1.